The molecule has 1 aliphatic rings. The molecule has 1 heterocycles. The third kappa shape index (κ3) is 2.18. The van der Waals surface area contributed by atoms with Gasteiger partial charge in [-0.2, -0.15) is 0 Å². The quantitative estimate of drug-likeness (QED) is 0.695. The highest BCUT2D eigenvalue weighted by atomic mass is 14.8. The zero-order chi connectivity index (χ0) is 9.80. The molecule has 1 aromatic rings. The molecule has 1 aromatic heterocycles. The van der Waals surface area contributed by atoms with E-state index < -0.39 is 0 Å². The van der Waals surface area contributed by atoms with Crippen LogP contribution in [0, 0.1) is 5.92 Å². The molecule has 1 saturated carbocycles. The van der Waals surface area contributed by atoms with Crippen LogP contribution in [0.15, 0.2) is 18.3 Å². The van der Waals surface area contributed by atoms with Crippen LogP contribution in [0.5, 0.6) is 0 Å². The molecule has 14 heavy (non-hydrogen) atoms. The van der Waals surface area contributed by atoms with Gasteiger partial charge in [0.1, 0.15) is 0 Å². The molecule has 0 amide bonds. The number of rotatable bonds is 2. The van der Waals surface area contributed by atoms with Gasteiger partial charge in [0.2, 0.25) is 0 Å². The maximum absolute atomic E-state index is 6.25. The molecule has 3 N–H and O–H groups in total. The van der Waals surface area contributed by atoms with Crippen LogP contribution in [0.2, 0.25) is 0 Å². The summed E-state index contributed by atoms with van der Waals surface area (Å²) in [7, 11) is 0. The minimum atomic E-state index is 0.225. The topological polar surface area (TPSA) is 41.8 Å². The van der Waals surface area contributed by atoms with Crippen LogP contribution in [0.25, 0.3) is 0 Å². The van der Waals surface area contributed by atoms with E-state index >= 15 is 0 Å². The Labute approximate surface area is 85.9 Å². The van der Waals surface area contributed by atoms with Gasteiger partial charge in [0.05, 0.1) is 0 Å². The maximum Gasteiger partial charge on any atom is 0.0476 e. The second kappa shape index (κ2) is 4.65. The number of nitrogens with two attached hydrogens (primary N) is 1. The lowest BCUT2D eigenvalue weighted by atomic mass is 9.90. The molecule has 2 nitrogen and oxygen atoms in total. The molecule has 78 valence electrons. The van der Waals surface area contributed by atoms with Crippen molar-refractivity contribution in [3.63, 3.8) is 0 Å². The highest BCUT2D eigenvalue weighted by Gasteiger charge is 2.21. The molecule has 0 aliphatic heterocycles. The average Bonchev–Trinajstić information content (AvgIpc) is 2.59. The van der Waals surface area contributed by atoms with Gasteiger partial charge in [0.25, 0.3) is 0 Å². The molecule has 0 bridgehead atoms. The fourth-order valence-electron chi connectivity index (χ4n) is 2.48. The molecule has 0 spiro atoms. The first-order valence-electron chi connectivity index (χ1n) is 5.77. The Hall–Kier alpha value is -0.760. The Kier molecular flexibility index (Phi) is 3.25. The summed E-state index contributed by atoms with van der Waals surface area (Å²) in [6, 6.07) is 4.37. The highest BCUT2D eigenvalue weighted by Crippen LogP contribution is 2.31. The van der Waals surface area contributed by atoms with Crippen molar-refractivity contribution in [2.45, 2.75) is 44.6 Å². The van der Waals surface area contributed by atoms with Crippen molar-refractivity contribution in [1.29, 1.82) is 0 Å². The number of hydrogen-bond acceptors (Lipinski definition) is 1. The Balaban J connectivity index is 1.99. The summed E-state index contributed by atoms with van der Waals surface area (Å²) in [6.07, 6.45) is 10.1. The molecular formula is C12H20N2. The number of aromatic amines is 1. The van der Waals surface area contributed by atoms with Gasteiger partial charge in [-0.15, -0.1) is 0 Å². The van der Waals surface area contributed by atoms with Crippen molar-refractivity contribution < 1.29 is 0 Å². The molecule has 1 fully saturated rings. The first kappa shape index (κ1) is 9.78. The Morgan fingerprint density at radius 1 is 1.21 bits per heavy atom. The summed E-state index contributed by atoms with van der Waals surface area (Å²) in [4.78, 5) is 3.23. The van der Waals surface area contributed by atoms with Gasteiger partial charge in [-0.1, -0.05) is 25.7 Å². The fourth-order valence-corrected chi connectivity index (χ4v) is 2.48. The summed E-state index contributed by atoms with van der Waals surface area (Å²) >= 11 is 0. The third-order valence-electron chi connectivity index (χ3n) is 3.39. The van der Waals surface area contributed by atoms with Gasteiger partial charge in [-0.3, -0.25) is 0 Å². The van der Waals surface area contributed by atoms with E-state index in [-0.39, 0.29) is 6.04 Å². The molecule has 1 unspecified atom stereocenters. The van der Waals surface area contributed by atoms with Gasteiger partial charge in [-0.05, 0) is 30.9 Å². The monoisotopic (exact) mass is 192 g/mol. The predicted molar refractivity (Wildman–Crippen MR) is 58.9 cm³/mol. The van der Waals surface area contributed by atoms with E-state index in [1.54, 1.807) is 0 Å². The maximum atomic E-state index is 6.25. The SMILES string of the molecule is NC(c1ccc[nH]1)C1CCCCCC1. The van der Waals surface area contributed by atoms with Gasteiger partial charge < -0.3 is 10.7 Å². The number of aromatic nitrogens is 1. The van der Waals surface area contributed by atoms with Crippen LogP contribution in [0.4, 0.5) is 0 Å². The number of H-pyrrole nitrogens is 1. The van der Waals surface area contributed by atoms with Gasteiger partial charge >= 0.3 is 0 Å². The van der Waals surface area contributed by atoms with Crippen LogP contribution >= 0.6 is 0 Å². The standard InChI is InChI=1S/C12H20N2/c13-12(11-8-5-9-14-11)10-6-3-1-2-4-7-10/h5,8-10,12,14H,1-4,6-7,13H2. The summed E-state index contributed by atoms with van der Waals surface area (Å²) < 4.78 is 0. The van der Waals surface area contributed by atoms with E-state index in [1.165, 1.54) is 44.2 Å². The van der Waals surface area contributed by atoms with Crippen LogP contribution < -0.4 is 5.73 Å². The predicted octanol–water partition coefficient (Wildman–Crippen LogP) is 2.98. The molecule has 0 saturated heterocycles. The zero-order valence-electron chi connectivity index (χ0n) is 8.71. The highest BCUT2D eigenvalue weighted by molar-refractivity contribution is 5.09. The van der Waals surface area contributed by atoms with E-state index in [0.29, 0.717) is 5.92 Å². The van der Waals surface area contributed by atoms with Crippen LogP contribution in [0.1, 0.15) is 50.3 Å². The van der Waals surface area contributed by atoms with Crippen molar-refractivity contribution in [1.82, 2.24) is 4.98 Å². The van der Waals surface area contributed by atoms with Crippen molar-refractivity contribution in [2.24, 2.45) is 11.7 Å². The van der Waals surface area contributed by atoms with Crippen LogP contribution in [0.3, 0.4) is 0 Å². The number of nitrogens with one attached hydrogen (secondary N) is 1. The van der Waals surface area contributed by atoms with E-state index in [4.69, 9.17) is 5.73 Å². The fraction of sp³-hybridized carbons (Fsp3) is 0.667. The van der Waals surface area contributed by atoms with Crippen LogP contribution in [-0.2, 0) is 0 Å². The van der Waals surface area contributed by atoms with E-state index in [9.17, 15) is 0 Å². The smallest absolute Gasteiger partial charge is 0.0476 e. The molecule has 0 aromatic carbocycles. The van der Waals surface area contributed by atoms with E-state index in [0.717, 1.165) is 0 Å². The van der Waals surface area contributed by atoms with E-state index in [1.807, 2.05) is 12.3 Å². The summed E-state index contributed by atoms with van der Waals surface area (Å²) in [5.74, 6) is 0.691. The molecular weight excluding hydrogens is 172 g/mol. The average molecular weight is 192 g/mol. The number of hydrogen-bond donors (Lipinski definition) is 2. The largest absolute Gasteiger partial charge is 0.364 e. The third-order valence-corrected chi connectivity index (χ3v) is 3.39. The van der Waals surface area contributed by atoms with E-state index in [2.05, 4.69) is 11.1 Å². The lowest BCUT2D eigenvalue weighted by Crippen LogP contribution is -2.21. The van der Waals surface area contributed by atoms with Crippen molar-refractivity contribution in [3.8, 4) is 0 Å². The molecule has 2 rings (SSSR count). The Morgan fingerprint density at radius 2 is 1.93 bits per heavy atom. The van der Waals surface area contributed by atoms with Crippen LogP contribution in [-0.4, -0.2) is 4.98 Å². The van der Waals surface area contributed by atoms with Gasteiger partial charge in [0.15, 0.2) is 0 Å². The molecule has 0 radical (unpaired) electrons. The Bertz CT molecular complexity index is 245. The first-order chi connectivity index (χ1) is 6.88. The Morgan fingerprint density at radius 3 is 2.50 bits per heavy atom. The van der Waals surface area contributed by atoms with Crippen molar-refractivity contribution in [2.75, 3.05) is 0 Å². The summed E-state index contributed by atoms with van der Waals surface area (Å²) in [5, 5.41) is 0. The first-order valence-corrected chi connectivity index (χ1v) is 5.77. The normalized spacial score (nSPS) is 21.8. The van der Waals surface area contributed by atoms with Crippen molar-refractivity contribution >= 4 is 0 Å². The lowest BCUT2D eigenvalue weighted by molar-refractivity contribution is 0.377. The summed E-state index contributed by atoms with van der Waals surface area (Å²) in [6.45, 7) is 0. The zero-order valence-corrected chi connectivity index (χ0v) is 8.71. The van der Waals surface area contributed by atoms with Crippen molar-refractivity contribution in [3.05, 3.63) is 24.0 Å². The minimum Gasteiger partial charge on any atom is -0.364 e. The lowest BCUT2D eigenvalue weighted by Gasteiger charge is -2.21. The minimum absolute atomic E-state index is 0.225. The second-order valence-corrected chi connectivity index (χ2v) is 4.40. The second-order valence-electron chi connectivity index (χ2n) is 4.40. The van der Waals surface area contributed by atoms with Gasteiger partial charge in [0, 0.05) is 17.9 Å². The molecule has 1 atom stereocenters. The molecule has 2 heteroatoms. The summed E-state index contributed by atoms with van der Waals surface area (Å²) in [5.41, 5.74) is 7.46. The molecule has 1 aliphatic carbocycles. The van der Waals surface area contributed by atoms with Gasteiger partial charge in [-0.25, -0.2) is 0 Å².